The monoisotopic (exact) mass is 588 g/mol. The smallest absolute Gasteiger partial charge is 1.00 e. The summed E-state index contributed by atoms with van der Waals surface area (Å²) in [5.41, 5.74) is 10.1. The van der Waals surface area contributed by atoms with Gasteiger partial charge in [-0.15, -0.1) is 0 Å². The minimum atomic E-state index is 0. The van der Waals surface area contributed by atoms with Crippen LogP contribution in [-0.2, 0) is 18.6 Å². The van der Waals surface area contributed by atoms with Gasteiger partial charge in [0.2, 0.25) is 0 Å². The standard InChI is InChI=1S/C32H41N3.2ClH.V/c1-20(2)27-12-10-13-28(21(3)4)31(27)33-18-25-16-24(9)17-26(35-25)19-34-32-29(22(5)6)14-11-15-30(32)23(7)8;;;/h10-23H,1-9H3;2*1H;/q;;;+2/p-2. The second-order valence-corrected chi connectivity index (χ2v) is 10.7. The number of aryl methyl sites for hydroxylation is 1. The summed E-state index contributed by atoms with van der Waals surface area (Å²) in [5.74, 6) is 1.63. The Labute approximate surface area is 254 Å². The van der Waals surface area contributed by atoms with Crippen molar-refractivity contribution in [2.75, 3.05) is 0 Å². The molecule has 0 fully saturated rings. The molecule has 0 N–H and O–H groups in total. The number of hydrogen-bond donors (Lipinski definition) is 0. The van der Waals surface area contributed by atoms with Gasteiger partial charge in [0, 0.05) is 0 Å². The van der Waals surface area contributed by atoms with Crippen molar-refractivity contribution in [3.05, 3.63) is 87.7 Å². The van der Waals surface area contributed by atoms with E-state index in [1.54, 1.807) is 0 Å². The zero-order valence-corrected chi connectivity index (χ0v) is 27.0. The molecule has 0 bridgehead atoms. The van der Waals surface area contributed by atoms with Crippen molar-refractivity contribution in [1.29, 1.82) is 0 Å². The second-order valence-electron chi connectivity index (χ2n) is 10.7. The number of halogens is 2. The van der Waals surface area contributed by atoms with Gasteiger partial charge in [-0.2, -0.15) is 0 Å². The van der Waals surface area contributed by atoms with E-state index in [1.807, 2.05) is 12.4 Å². The van der Waals surface area contributed by atoms with E-state index in [9.17, 15) is 0 Å². The quantitative estimate of drug-likeness (QED) is 0.372. The summed E-state index contributed by atoms with van der Waals surface area (Å²) >= 11 is 0. The van der Waals surface area contributed by atoms with Gasteiger partial charge in [0.15, 0.2) is 0 Å². The van der Waals surface area contributed by atoms with Gasteiger partial charge in [0.05, 0.1) is 35.2 Å². The van der Waals surface area contributed by atoms with E-state index in [1.165, 1.54) is 22.3 Å². The third kappa shape index (κ3) is 9.09. The SMILES string of the molecule is Cc1cc(C=Nc2c(C(C)C)cccc2C(C)C)nc(C=Nc2c(C(C)C)cccc2C(C)C)c1.[Cl-].[Cl-].[V+2]. The molecule has 0 saturated heterocycles. The van der Waals surface area contributed by atoms with Crippen molar-refractivity contribution in [3.63, 3.8) is 0 Å². The van der Waals surface area contributed by atoms with Crippen molar-refractivity contribution in [2.45, 2.75) is 86.0 Å². The van der Waals surface area contributed by atoms with Crippen LogP contribution in [0, 0.1) is 6.92 Å². The molecule has 1 radical (unpaired) electrons. The number of rotatable bonds is 8. The zero-order chi connectivity index (χ0) is 25.7. The summed E-state index contributed by atoms with van der Waals surface area (Å²) in [4.78, 5) is 14.8. The van der Waals surface area contributed by atoms with Crippen molar-refractivity contribution in [3.8, 4) is 0 Å². The molecule has 0 atom stereocenters. The number of para-hydroxylation sites is 2. The molecule has 0 amide bonds. The van der Waals surface area contributed by atoms with Crippen molar-refractivity contribution >= 4 is 23.8 Å². The Bertz CT molecular complexity index is 1090. The van der Waals surface area contributed by atoms with Crippen LogP contribution in [0.5, 0.6) is 0 Å². The number of benzene rings is 2. The summed E-state index contributed by atoms with van der Waals surface area (Å²) < 4.78 is 0. The van der Waals surface area contributed by atoms with Gasteiger partial charge in [-0.3, -0.25) is 9.98 Å². The molecule has 0 aliphatic heterocycles. The van der Waals surface area contributed by atoms with Gasteiger partial charge < -0.3 is 24.8 Å². The van der Waals surface area contributed by atoms with Crippen LogP contribution in [0.4, 0.5) is 11.4 Å². The van der Waals surface area contributed by atoms with Crippen molar-refractivity contribution < 1.29 is 43.4 Å². The Morgan fingerprint density at radius 3 is 1.13 bits per heavy atom. The molecular weight excluding hydrogens is 548 g/mol. The molecule has 0 saturated carbocycles. The molecule has 6 heteroatoms. The maximum absolute atomic E-state index is 4.96. The molecule has 0 unspecified atom stereocenters. The number of nitrogens with zero attached hydrogens (tertiary/aromatic N) is 3. The molecule has 3 rings (SSSR count). The van der Waals surface area contributed by atoms with Crippen LogP contribution in [0.25, 0.3) is 0 Å². The maximum Gasteiger partial charge on any atom is 2.00 e. The van der Waals surface area contributed by atoms with Crippen LogP contribution < -0.4 is 24.8 Å². The fourth-order valence-corrected chi connectivity index (χ4v) is 4.44. The van der Waals surface area contributed by atoms with Crippen LogP contribution in [0.3, 0.4) is 0 Å². The molecule has 3 aromatic rings. The first-order valence-corrected chi connectivity index (χ1v) is 12.9. The summed E-state index contributed by atoms with van der Waals surface area (Å²) in [6.07, 6.45) is 3.80. The molecule has 3 nitrogen and oxygen atoms in total. The van der Waals surface area contributed by atoms with Gasteiger partial charge in [-0.1, -0.05) is 91.8 Å². The predicted octanol–water partition coefficient (Wildman–Crippen LogP) is 3.39. The van der Waals surface area contributed by atoms with E-state index in [0.717, 1.165) is 28.3 Å². The van der Waals surface area contributed by atoms with E-state index < -0.39 is 0 Å². The van der Waals surface area contributed by atoms with E-state index >= 15 is 0 Å². The van der Waals surface area contributed by atoms with Crippen LogP contribution >= 0.6 is 0 Å². The molecule has 38 heavy (non-hydrogen) atoms. The first kappa shape index (κ1) is 36.1. The van der Waals surface area contributed by atoms with Gasteiger partial charge in [0.25, 0.3) is 0 Å². The molecule has 0 aliphatic carbocycles. The summed E-state index contributed by atoms with van der Waals surface area (Å²) in [7, 11) is 0. The average Bonchev–Trinajstić information content (AvgIpc) is 2.80. The number of aliphatic imine (C=N–C) groups is 2. The predicted molar refractivity (Wildman–Crippen MR) is 153 cm³/mol. The molecule has 0 aliphatic rings. The number of pyridine rings is 1. The van der Waals surface area contributed by atoms with Crippen molar-refractivity contribution in [1.82, 2.24) is 4.98 Å². The zero-order valence-electron chi connectivity index (χ0n) is 24.1. The van der Waals surface area contributed by atoms with E-state index in [4.69, 9.17) is 15.0 Å². The molecular formula is C32H41Cl2N3V. The Morgan fingerprint density at radius 1 is 0.579 bits per heavy atom. The normalized spacial score (nSPS) is 11.4. The van der Waals surface area contributed by atoms with Gasteiger partial charge >= 0.3 is 18.6 Å². The summed E-state index contributed by atoms with van der Waals surface area (Å²) in [5, 5.41) is 0. The molecule has 1 aromatic heterocycles. The van der Waals surface area contributed by atoms with Crippen LogP contribution in [0.2, 0.25) is 0 Å². The fraction of sp³-hybridized carbons (Fsp3) is 0.406. The Morgan fingerprint density at radius 2 is 0.868 bits per heavy atom. The fourth-order valence-electron chi connectivity index (χ4n) is 4.44. The van der Waals surface area contributed by atoms with Gasteiger partial charge in [-0.05, 0) is 70.5 Å². The topological polar surface area (TPSA) is 37.6 Å². The molecule has 0 spiro atoms. The molecule has 2 aromatic carbocycles. The largest absolute Gasteiger partial charge is 2.00 e. The third-order valence-corrected chi connectivity index (χ3v) is 6.35. The Hall–Kier alpha value is -1.91. The second kappa shape index (κ2) is 16.3. The van der Waals surface area contributed by atoms with Crippen molar-refractivity contribution in [2.24, 2.45) is 9.98 Å². The van der Waals surface area contributed by atoms with Gasteiger partial charge in [-0.25, -0.2) is 4.98 Å². The number of hydrogen-bond acceptors (Lipinski definition) is 3. The first-order valence-electron chi connectivity index (χ1n) is 12.9. The van der Waals surface area contributed by atoms with E-state index in [2.05, 4.69) is 111 Å². The summed E-state index contributed by atoms with van der Waals surface area (Å²) in [6.45, 7) is 19.9. The first-order chi connectivity index (χ1) is 16.6. The molecule has 203 valence electrons. The van der Waals surface area contributed by atoms with Crippen LogP contribution in [-0.4, -0.2) is 17.4 Å². The Balaban J connectivity index is 0.00000456. The minimum absolute atomic E-state index is 0. The Kier molecular flexibility index (Phi) is 15.4. The van der Waals surface area contributed by atoms with Crippen LogP contribution in [0.15, 0.2) is 58.5 Å². The third-order valence-electron chi connectivity index (χ3n) is 6.35. The number of aromatic nitrogens is 1. The minimum Gasteiger partial charge on any atom is -1.00 e. The maximum atomic E-state index is 4.96. The van der Waals surface area contributed by atoms with Crippen LogP contribution in [0.1, 0.15) is 118 Å². The average molecular weight is 590 g/mol. The summed E-state index contributed by atoms with van der Waals surface area (Å²) in [6, 6.07) is 17.2. The van der Waals surface area contributed by atoms with E-state index in [0.29, 0.717) is 23.7 Å². The van der Waals surface area contributed by atoms with Gasteiger partial charge in [0.1, 0.15) is 0 Å². The van der Waals surface area contributed by atoms with E-state index in [-0.39, 0.29) is 43.4 Å². The molecule has 1 heterocycles.